The van der Waals surface area contributed by atoms with E-state index in [0.717, 1.165) is 17.0 Å². The lowest BCUT2D eigenvalue weighted by atomic mass is 10.3. The highest BCUT2D eigenvalue weighted by Gasteiger charge is 2.41. The molecule has 0 radical (unpaired) electrons. The van der Waals surface area contributed by atoms with Gasteiger partial charge >= 0.3 is 5.97 Å². The van der Waals surface area contributed by atoms with E-state index in [-0.39, 0.29) is 17.8 Å². The van der Waals surface area contributed by atoms with Crippen molar-refractivity contribution in [1.82, 2.24) is 4.98 Å². The molecular formula is C13H18N2O3S. The first-order chi connectivity index (χ1) is 8.88. The van der Waals surface area contributed by atoms with Crippen molar-refractivity contribution in [3.8, 4) is 0 Å². The van der Waals surface area contributed by atoms with E-state index in [0.29, 0.717) is 11.0 Å². The number of anilines is 1. The third-order valence-corrected chi connectivity index (χ3v) is 4.32. The molecule has 1 fully saturated rings. The van der Waals surface area contributed by atoms with Crippen LogP contribution in [0.2, 0.25) is 0 Å². The fourth-order valence-corrected chi connectivity index (χ4v) is 2.52. The smallest absolute Gasteiger partial charge is 0.309 e. The zero-order valence-corrected chi connectivity index (χ0v) is 12.3. The van der Waals surface area contributed by atoms with Crippen molar-refractivity contribution in [2.45, 2.75) is 40.2 Å². The molecule has 2 rings (SSSR count). The summed E-state index contributed by atoms with van der Waals surface area (Å²) in [6, 6.07) is 0. The van der Waals surface area contributed by atoms with Crippen LogP contribution in [0.4, 0.5) is 5.13 Å². The summed E-state index contributed by atoms with van der Waals surface area (Å²) in [6.07, 6.45) is 0.0720. The number of nitrogens with zero attached hydrogens (tertiary/aromatic N) is 1. The van der Waals surface area contributed by atoms with Crippen LogP contribution < -0.4 is 5.32 Å². The highest BCUT2D eigenvalue weighted by Crippen LogP contribution is 2.38. The number of ether oxygens (including phenoxy) is 1. The number of aryl methyl sites for hydroxylation is 2. The maximum Gasteiger partial charge on any atom is 0.309 e. The van der Waals surface area contributed by atoms with Crippen LogP contribution in [0.15, 0.2) is 0 Å². The molecule has 0 spiro atoms. The maximum atomic E-state index is 11.9. The molecule has 1 aromatic rings. The molecule has 0 unspecified atom stereocenters. The predicted octanol–water partition coefficient (Wildman–Crippen LogP) is 2.29. The van der Waals surface area contributed by atoms with Crippen LogP contribution in [0.25, 0.3) is 0 Å². The van der Waals surface area contributed by atoms with Gasteiger partial charge in [0.2, 0.25) is 0 Å². The summed E-state index contributed by atoms with van der Waals surface area (Å²) in [6.45, 7) is 7.41. The van der Waals surface area contributed by atoms with E-state index in [1.807, 2.05) is 20.8 Å². The molecular weight excluding hydrogens is 264 g/mol. The van der Waals surface area contributed by atoms with Crippen molar-refractivity contribution in [2.24, 2.45) is 11.8 Å². The molecule has 0 bridgehead atoms. The van der Waals surface area contributed by atoms with Crippen LogP contribution in [0.5, 0.6) is 0 Å². The predicted molar refractivity (Wildman–Crippen MR) is 73.0 cm³/mol. The second-order valence-electron chi connectivity index (χ2n) is 5.05. The van der Waals surface area contributed by atoms with Gasteiger partial charge in [0, 0.05) is 4.88 Å². The fraction of sp³-hybridized carbons (Fsp3) is 0.615. The van der Waals surface area contributed by atoms with Crippen LogP contribution in [0.1, 0.15) is 30.8 Å². The number of esters is 1. The zero-order valence-electron chi connectivity index (χ0n) is 11.5. The van der Waals surface area contributed by atoms with E-state index in [2.05, 4.69) is 10.3 Å². The van der Waals surface area contributed by atoms with Gasteiger partial charge in [-0.05, 0) is 33.1 Å². The van der Waals surface area contributed by atoms with E-state index in [1.165, 1.54) is 11.3 Å². The van der Waals surface area contributed by atoms with Crippen molar-refractivity contribution in [3.63, 3.8) is 0 Å². The number of thiazole rings is 1. The zero-order chi connectivity index (χ0) is 14.2. The van der Waals surface area contributed by atoms with E-state index in [1.54, 1.807) is 6.92 Å². The first-order valence-electron chi connectivity index (χ1n) is 6.34. The molecule has 0 aliphatic heterocycles. The Morgan fingerprint density at radius 3 is 2.58 bits per heavy atom. The van der Waals surface area contributed by atoms with Crippen LogP contribution in [0, 0.1) is 25.7 Å². The van der Waals surface area contributed by atoms with Gasteiger partial charge in [0.1, 0.15) is 0 Å². The minimum Gasteiger partial charge on any atom is -0.452 e. The Morgan fingerprint density at radius 1 is 1.47 bits per heavy atom. The lowest BCUT2D eigenvalue weighted by Gasteiger charge is -2.12. The van der Waals surface area contributed by atoms with Gasteiger partial charge in [-0.15, -0.1) is 11.3 Å². The number of carbonyl (C=O) groups is 2. The minimum atomic E-state index is -0.787. The summed E-state index contributed by atoms with van der Waals surface area (Å²) in [4.78, 5) is 28.8. The number of rotatable bonds is 4. The molecule has 104 valence electrons. The minimum absolute atomic E-state index is 0.0281. The molecule has 1 heterocycles. The number of hydrogen-bond donors (Lipinski definition) is 1. The number of hydrogen-bond acceptors (Lipinski definition) is 5. The van der Waals surface area contributed by atoms with Crippen LogP contribution >= 0.6 is 11.3 Å². The number of carbonyl (C=O) groups excluding carboxylic acids is 2. The molecule has 1 aliphatic carbocycles. The Bertz CT molecular complexity index is 492. The topological polar surface area (TPSA) is 68.3 Å². The Hall–Kier alpha value is -1.43. The van der Waals surface area contributed by atoms with Crippen molar-refractivity contribution >= 4 is 28.3 Å². The Balaban J connectivity index is 1.87. The Kier molecular flexibility index (Phi) is 3.89. The van der Waals surface area contributed by atoms with E-state index >= 15 is 0 Å². The third kappa shape index (κ3) is 3.32. The number of amides is 1. The number of nitrogens with one attached hydrogen (secondary N) is 1. The van der Waals surface area contributed by atoms with E-state index in [9.17, 15) is 9.59 Å². The second-order valence-corrected chi connectivity index (χ2v) is 6.25. The molecule has 19 heavy (non-hydrogen) atoms. The van der Waals surface area contributed by atoms with Crippen LogP contribution in [-0.2, 0) is 14.3 Å². The molecule has 1 aromatic heterocycles. The lowest BCUT2D eigenvalue weighted by Crippen LogP contribution is -2.30. The van der Waals surface area contributed by atoms with Crippen LogP contribution in [0.3, 0.4) is 0 Å². The molecule has 6 heteroatoms. The van der Waals surface area contributed by atoms with Gasteiger partial charge in [-0.1, -0.05) is 6.92 Å². The second kappa shape index (κ2) is 5.28. The molecule has 0 saturated heterocycles. The SMILES string of the molecule is Cc1nc(NC(=O)[C@H](C)OC(=O)[C@@H]2C[C@@H]2C)sc1C. The van der Waals surface area contributed by atoms with E-state index in [4.69, 9.17) is 4.74 Å². The fourth-order valence-electron chi connectivity index (χ4n) is 1.70. The normalized spacial score (nSPS) is 22.7. The van der Waals surface area contributed by atoms with Gasteiger partial charge in [-0.3, -0.25) is 14.9 Å². The highest BCUT2D eigenvalue weighted by atomic mass is 32.1. The molecule has 3 atom stereocenters. The van der Waals surface area contributed by atoms with Gasteiger partial charge in [0.05, 0.1) is 11.6 Å². The first-order valence-corrected chi connectivity index (χ1v) is 7.15. The monoisotopic (exact) mass is 282 g/mol. The standard InChI is InChI=1S/C13H18N2O3S/c1-6-5-10(6)12(17)18-8(3)11(16)15-13-14-7(2)9(4)19-13/h6,8,10H,5H2,1-4H3,(H,14,15,16)/t6-,8-,10+/m0/s1. The Morgan fingerprint density at radius 2 is 2.11 bits per heavy atom. The van der Waals surface area contributed by atoms with Crippen molar-refractivity contribution < 1.29 is 14.3 Å². The molecule has 1 aliphatic rings. The summed E-state index contributed by atoms with van der Waals surface area (Å²) >= 11 is 1.41. The third-order valence-electron chi connectivity index (χ3n) is 3.33. The summed E-state index contributed by atoms with van der Waals surface area (Å²) in [5, 5.41) is 3.21. The molecule has 1 amide bonds. The van der Waals surface area contributed by atoms with Crippen molar-refractivity contribution in [3.05, 3.63) is 10.6 Å². The first kappa shape index (κ1) is 14.0. The summed E-state index contributed by atoms with van der Waals surface area (Å²) in [5.74, 6) is -0.260. The molecule has 1 N–H and O–H groups in total. The van der Waals surface area contributed by atoms with Gasteiger partial charge in [0.15, 0.2) is 11.2 Å². The van der Waals surface area contributed by atoms with Gasteiger partial charge in [-0.25, -0.2) is 4.98 Å². The van der Waals surface area contributed by atoms with Crippen LogP contribution in [-0.4, -0.2) is 23.0 Å². The lowest BCUT2D eigenvalue weighted by molar-refractivity contribution is -0.154. The molecule has 5 nitrogen and oxygen atoms in total. The largest absolute Gasteiger partial charge is 0.452 e. The Labute approximate surface area is 116 Å². The average molecular weight is 282 g/mol. The quantitative estimate of drug-likeness (QED) is 0.860. The average Bonchev–Trinajstić information content (AvgIpc) is 2.97. The summed E-state index contributed by atoms with van der Waals surface area (Å²) in [7, 11) is 0. The van der Waals surface area contributed by atoms with Crippen molar-refractivity contribution in [1.29, 1.82) is 0 Å². The van der Waals surface area contributed by atoms with Gasteiger partial charge in [0.25, 0.3) is 5.91 Å². The van der Waals surface area contributed by atoms with Gasteiger partial charge < -0.3 is 4.74 Å². The van der Waals surface area contributed by atoms with Crippen molar-refractivity contribution in [2.75, 3.05) is 5.32 Å². The number of aromatic nitrogens is 1. The van der Waals surface area contributed by atoms with Gasteiger partial charge in [-0.2, -0.15) is 0 Å². The maximum absolute atomic E-state index is 11.9. The van der Waals surface area contributed by atoms with E-state index < -0.39 is 6.10 Å². The molecule has 0 aromatic carbocycles. The summed E-state index contributed by atoms with van der Waals surface area (Å²) < 4.78 is 5.14. The molecule has 1 saturated carbocycles. The highest BCUT2D eigenvalue weighted by molar-refractivity contribution is 7.15. The summed E-state index contributed by atoms with van der Waals surface area (Å²) in [5.41, 5.74) is 0.900.